The summed E-state index contributed by atoms with van der Waals surface area (Å²) in [5.74, 6) is -0.439. The van der Waals surface area contributed by atoms with Gasteiger partial charge in [-0.05, 0) is 24.7 Å². The smallest absolute Gasteiger partial charge is 0.328 e. The summed E-state index contributed by atoms with van der Waals surface area (Å²) in [6.45, 7) is -0.552. The van der Waals surface area contributed by atoms with Crippen LogP contribution in [-0.2, 0) is 9.59 Å². The lowest BCUT2D eigenvalue weighted by atomic mass is 10.1. The molecular weight excluding hydrogens is 198 g/mol. The first-order valence-electron chi connectivity index (χ1n) is 5.29. The number of hydrogen-bond donors (Lipinski definition) is 3. The van der Waals surface area contributed by atoms with Gasteiger partial charge in [0.05, 0.1) is 6.61 Å². The minimum absolute atomic E-state index is 0.00662. The summed E-state index contributed by atoms with van der Waals surface area (Å²) in [5.41, 5.74) is 0. The molecule has 0 aliphatic heterocycles. The van der Waals surface area contributed by atoms with E-state index < -0.39 is 18.6 Å². The summed E-state index contributed by atoms with van der Waals surface area (Å²) >= 11 is 0. The van der Waals surface area contributed by atoms with Gasteiger partial charge in [0.1, 0.15) is 6.04 Å². The number of aliphatic hydroxyl groups excluding tert-OH is 1. The standard InChI is InChI=1S/C10H15NO4/c12-4-7(10(14)15)11-9(13)8-5-2-1-3-6(5)8/h5-8,12H,1-4H2,(H,11,13)(H,14,15)/t5?,6?,7-,8?/m0/s1. The summed E-state index contributed by atoms with van der Waals surface area (Å²) in [6, 6.07) is -1.15. The fourth-order valence-corrected chi connectivity index (χ4v) is 2.66. The first kappa shape index (κ1) is 10.4. The van der Waals surface area contributed by atoms with Crippen LogP contribution in [0.2, 0.25) is 0 Å². The van der Waals surface area contributed by atoms with Crippen molar-refractivity contribution >= 4 is 11.9 Å². The summed E-state index contributed by atoms with van der Waals surface area (Å²) < 4.78 is 0. The molecule has 0 aromatic carbocycles. The van der Waals surface area contributed by atoms with Gasteiger partial charge >= 0.3 is 5.97 Å². The predicted molar refractivity (Wildman–Crippen MR) is 51.0 cm³/mol. The highest BCUT2D eigenvalue weighted by Gasteiger charge is 2.56. The molecule has 2 aliphatic rings. The zero-order valence-electron chi connectivity index (χ0n) is 8.35. The minimum atomic E-state index is -1.18. The van der Waals surface area contributed by atoms with Crippen molar-refractivity contribution in [3.8, 4) is 0 Å². The monoisotopic (exact) mass is 213 g/mol. The van der Waals surface area contributed by atoms with Crippen molar-refractivity contribution in [2.24, 2.45) is 17.8 Å². The van der Waals surface area contributed by atoms with E-state index in [1.807, 2.05) is 0 Å². The van der Waals surface area contributed by atoms with Gasteiger partial charge in [0.15, 0.2) is 0 Å². The molecule has 0 aromatic rings. The van der Waals surface area contributed by atoms with Gasteiger partial charge in [-0.15, -0.1) is 0 Å². The Morgan fingerprint density at radius 3 is 2.40 bits per heavy atom. The van der Waals surface area contributed by atoms with E-state index in [4.69, 9.17) is 10.2 Å². The number of carbonyl (C=O) groups is 2. The van der Waals surface area contributed by atoms with E-state index in [1.165, 1.54) is 6.42 Å². The van der Waals surface area contributed by atoms with Crippen LogP contribution < -0.4 is 5.32 Å². The molecule has 2 saturated carbocycles. The molecule has 5 nitrogen and oxygen atoms in total. The van der Waals surface area contributed by atoms with Crippen molar-refractivity contribution in [3.63, 3.8) is 0 Å². The number of hydrogen-bond acceptors (Lipinski definition) is 3. The van der Waals surface area contributed by atoms with Gasteiger partial charge in [-0.2, -0.15) is 0 Å². The number of fused-ring (bicyclic) bond motifs is 1. The van der Waals surface area contributed by atoms with Crippen LogP contribution in [0.3, 0.4) is 0 Å². The molecule has 2 unspecified atom stereocenters. The van der Waals surface area contributed by atoms with E-state index in [2.05, 4.69) is 5.32 Å². The molecule has 2 fully saturated rings. The molecule has 0 heterocycles. The number of carbonyl (C=O) groups excluding carboxylic acids is 1. The number of amides is 1. The van der Waals surface area contributed by atoms with Crippen molar-refractivity contribution < 1.29 is 19.8 Å². The van der Waals surface area contributed by atoms with Gasteiger partial charge in [-0.25, -0.2) is 4.79 Å². The van der Waals surface area contributed by atoms with Crippen LogP contribution in [0.4, 0.5) is 0 Å². The highest BCUT2D eigenvalue weighted by molar-refractivity contribution is 5.87. The normalized spacial score (nSPS) is 34.3. The van der Waals surface area contributed by atoms with E-state index in [1.54, 1.807) is 0 Å². The van der Waals surface area contributed by atoms with Gasteiger partial charge in [0.2, 0.25) is 5.91 Å². The highest BCUT2D eigenvalue weighted by atomic mass is 16.4. The number of carboxylic acid groups (broad SMARTS) is 1. The van der Waals surface area contributed by atoms with Crippen LogP contribution in [0.1, 0.15) is 19.3 Å². The molecule has 3 atom stereocenters. The quantitative estimate of drug-likeness (QED) is 0.592. The maximum absolute atomic E-state index is 11.6. The van der Waals surface area contributed by atoms with Crippen molar-refractivity contribution in [2.75, 3.05) is 6.61 Å². The van der Waals surface area contributed by atoms with E-state index >= 15 is 0 Å². The van der Waals surface area contributed by atoms with E-state index in [0.29, 0.717) is 11.8 Å². The zero-order valence-corrected chi connectivity index (χ0v) is 8.35. The Balaban J connectivity index is 1.85. The molecular formula is C10H15NO4. The topological polar surface area (TPSA) is 86.6 Å². The Labute approximate surface area is 87.5 Å². The van der Waals surface area contributed by atoms with E-state index in [9.17, 15) is 9.59 Å². The molecule has 0 saturated heterocycles. The van der Waals surface area contributed by atoms with E-state index in [-0.39, 0.29) is 11.8 Å². The molecule has 15 heavy (non-hydrogen) atoms. The molecule has 84 valence electrons. The molecule has 1 amide bonds. The molecule has 0 aromatic heterocycles. The molecule has 0 radical (unpaired) electrons. The first-order valence-corrected chi connectivity index (χ1v) is 5.29. The summed E-state index contributed by atoms with van der Waals surface area (Å²) in [7, 11) is 0. The van der Waals surface area contributed by atoms with Crippen LogP contribution in [0.25, 0.3) is 0 Å². The van der Waals surface area contributed by atoms with Gasteiger partial charge in [-0.3, -0.25) is 4.79 Å². The van der Waals surface area contributed by atoms with Gasteiger partial charge in [0.25, 0.3) is 0 Å². The third-order valence-corrected chi connectivity index (χ3v) is 3.51. The lowest BCUT2D eigenvalue weighted by Gasteiger charge is -2.12. The second-order valence-electron chi connectivity index (χ2n) is 4.37. The Hall–Kier alpha value is -1.10. The Bertz CT molecular complexity index is 281. The summed E-state index contributed by atoms with van der Waals surface area (Å²) in [6.07, 6.45) is 3.35. The molecule has 2 rings (SSSR count). The molecule has 5 heteroatoms. The SMILES string of the molecule is O=C(N[C@@H](CO)C(=O)O)C1C2CCCC21. The highest BCUT2D eigenvalue weighted by Crippen LogP contribution is 2.57. The van der Waals surface area contributed by atoms with Gasteiger partial charge < -0.3 is 15.5 Å². The lowest BCUT2D eigenvalue weighted by molar-refractivity contribution is -0.143. The van der Waals surface area contributed by atoms with Crippen molar-refractivity contribution in [3.05, 3.63) is 0 Å². The Morgan fingerprint density at radius 2 is 1.93 bits per heavy atom. The number of carboxylic acids is 1. The minimum Gasteiger partial charge on any atom is -0.480 e. The number of aliphatic carboxylic acids is 1. The Morgan fingerprint density at radius 1 is 1.33 bits per heavy atom. The second-order valence-corrected chi connectivity index (χ2v) is 4.37. The zero-order chi connectivity index (χ0) is 11.0. The fourth-order valence-electron chi connectivity index (χ4n) is 2.66. The third kappa shape index (κ3) is 1.84. The largest absolute Gasteiger partial charge is 0.480 e. The van der Waals surface area contributed by atoms with Crippen LogP contribution in [0.15, 0.2) is 0 Å². The predicted octanol–water partition coefficient (Wildman–Crippen LogP) is -0.406. The van der Waals surface area contributed by atoms with Crippen molar-refractivity contribution in [1.29, 1.82) is 0 Å². The lowest BCUT2D eigenvalue weighted by Crippen LogP contribution is -2.44. The second kappa shape index (κ2) is 3.81. The fraction of sp³-hybridized carbons (Fsp3) is 0.800. The summed E-state index contributed by atoms with van der Waals surface area (Å²) in [4.78, 5) is 22.2. The van der Waals surface area contributed by atoms with Crippen LogP contribution in [0.5, 0.6) is 0 Å². The third-order valence-electron chi connectivity index (χ3n) is 3.51. The molecule has 2 aliphatic carbocycles. The first-order chi connectivity index (χ1) is 7.15. The summed E-state index contributed by atoms with van der Waals surface area (Å²) in [5, 5.41) is 19.8. The van der Waals surface area contributed by atoms with Gasteiger partial charge in [-0.1, -0.05) is 6.42 Å². The van der Waals surface area contributed by atoms with Crippen molar-refractivity contribution in [1.82, 2.24) is 5.32 Å². The van der Waals surface area contributed by atoms with Crippen molar-refractivity contribution in [2.45, 2.75) is 25.3 Å². The molecule has 0 spiro atoms. The average molecular weight is 213 g/mol. The van der Waals surface area contributed by atoms with Crippen LogP contribution >= 0.6 is 0 Å². The Kier molecular flexibility index (Phi) is 2.65. The number of nitrogens with one attached hydrogen (secondary N) is 1. The van der Waals surface area contributed by atoms with E-state index in [0.717, 1.165) is 12.8 Å². The number of rotatable bonds is 4. The maximum Gasteiger partial charge on any atom is 0.328 e. The van der Waals surface area contributed by atoms with Gasteiger partial charge in [0, 0.05) is 5.92 Å². The van der Waals surface area contributed by atoms with Crippen LogP contribution in [-0.4, -0.2) is 34.7 Å². The molecule has 3 N–H and O–H groups in total. The molecule has 0 bridgehead atoms. The number of aliphatic hydroxyl groups is 1. The maximum atomic E-state index is 11.6. The van der Waals surface area contributed by atoms with Crippen LogP contribution in [0, 0.1) is 17.8 Å². The average Bonchev–Trinajstić information content (AvgIpc) is 2.68.